The molecule has 1 aliphatic heterocycles. The largest absolute Gasteiger partial charge is 0.486 e. The molecule has 2 N–H and O–H groups in total. The standard InChI is InChI=1S/C19H23NO5/c21-18(13-3-4-14(9-13)19(22)23)20-17(11-1-2-11)12-5-6-15-16(10-12)25-8-7-24-15/h5-6,10-11,13-14,17H,1-4,7-9H2,(H,20,21)(H,22,23)/t13-,14+,17?/m0/s1. The van der Waals surface area contributed by atoms with E-state index in [1.165, 1.54) is 0 Å². The Bertz CT molecular complexity index is 684. The lowest BCUT2D eigenvalue weighted by Crippen LogP contribution is -2.34. The first-order valence-corrected chi connectivity index (χ1v) is 9.04. The van der Waals surface area contributed by atoms with Crippen molar-refractivity contribution in [1.29, 1.82) is 0 Å². The number of hydrogen-bond donors (Lipinski definition) is 2. The van der Waals surface area contributed by atoms with Gasteiger partial charge >= 0.3 is 5.97 Å². The molecule has 0 spiro atoms. The van der Waals surface area contributed by atoms with E-state index in [9.17, 15) is 9.59 Å². The fourth-order valence-electron chi connectivity index (χ4n) is 3.87. The van der Waals surface area contributed by atoms with Gasteiger partial charge in [0, 0.05) is 5.92 Å². The second kappa shape index (κ2) is 6.58. The van der Waals surface area contributed by atoms with Gasteiger partial charge < -0.3 is 19.9 Å². The Morgan fingerprint density at radius 3 is 2.44 bits per heavy atom. The first kappa shape index (κ1) is 16.2. The number of carbonyl (C=O) groups excluding carboxylic acids is 1. The maximum atomic E-state index is 12.7. The van der Waals surface area contributed by atoms with Crippen LogP contribution in [0.3, 0.4) is 0 Å². The number of carboxylic acids is 1. The molecule has 1 aromatic rings. The Hall–Kier alpha value is -2.24. The molecule has 2 fully saturated rings. The molecule has 0 radical (unpaired) electrons. The molecule has 0 bridgehead atoms. The van der Waals surface area contributed by atoms with Crippen LogP contribution in [0.5, 0.6) is 11.5 Å². The normalized spacial score (nSPS) is 26.1. The lowest BCUT2D eigenvalue weighted by Gasteiger charge is -2.24. The number of amides is 1. The molecule has 134 valence electrons. The number of rotatable bonds is 5. The van der Waals surface area contributed by atoms with Crippen LogP contribution in [0.15, 0.2) is 18.2 Å². The van der Waals surface area contributed by atoms with Crippen LogP contribution in [0, 0.1) is 17.8 Å². The Morgan fingerprint density at radius 2 is 1.76 bits per heavy atom. The van der Waals surface area contributed by atoms with Crippen LogP contribution in [0.1, 0.15) is 43.7 Å². The average molecular weight is 345 g/mol. The van der Waals surface area contributed by atoms with Crippen molar-refractivity contribution in [2.24, 2.45) is 17.8 Å². The molecule has 4 rings (SSSR count). The van der Waals surface area contributed by atoms with Gasteiger partial charge in [-0.1, -0.05) is 6.07 Å². The van der Waals surface area contributed by atoms with E-state index in [4.69, 9.17) is 14.6 Å². The predicted molar refractivity (Wildman–Crippen MR) is 89.5 cm³/mol. The minimum absolute atomic E-state index is 0.0180. The number of aliphatic carboxylic acids is 1. The van der Waals surface area contributed by atoms with E-state index >= 15 is 0 Å². The van der Waals surface area contributed by atoms with Crippen LogP contribution in [-0.4, -0.2) is 30.2 Å². The highest BCUT2D eigenvalue weighted by Crippen LogP contribution is 2.44. The number of hydrogen-bond acceptors (Lipinski definition) is 4. The van der Waals surface area contributed by atoms with Gasteiger partial charge in [0.1, 0.15) is 13.2 Å². The van der Waals surface area contributed by atoms with Crippen molar-refractivity contribution in [3.63, 3.8) is 0 Å². The van der Waals surface area contributed by atoms with Crippen LogP contribution in [0.2, 0.25) is 0 Å². The highest BCUT2D eigenvalue weighted by molar-refractivity contribution is 5.81. The summed E-state index contributed by atoms with van der Waals surface area (Å²) in [5, 5.41) is 12.3. The second-order valence-corrected chi connectivity index (χ2v) is 7.27. The predicted octanol–water partition coefficient (Wildman–Crippen LogP) is 2.53. The van der Waals surface area contributed by atoms with Gasteiger partial charge in [-0.2, -0.15) is 0 Å². The highest BCUT2D eigenvalue weighted by Gasteiger charge is 2.38. The third kappa shape index (κ3) is 3.43. The topological polar surface area (TPSA) is 84.9 Å². The molecule has 2 saturated carbocycles. The molecule has 1 heterocycles. The minimum Gasteiger partial charge on any atom is -0.486 e. The summed E-state index contributed by atoms with van der Waals surface area (Å²) >= 11 is 0. The summed E-state index contributed by atoms with van der Waals surface area (Å²) in [6.07, 6.45) is 3.89. The van der Waals surface area contributed by atoms with Crippen molar-refractivity contribution in [2.45, 2.75) is 38.1 Å². The maximum absolute atomic E-state index is 12.7. The third-order valence-electron chi connectivity index (χ3n) is 5.47. The molecule has 0 saturated heterocycles. The molecule has 1 unspecified atom stereocenters. The van der Waals surface area contributed by atoms with Crippen LogP contribution in [-0.2, 0) is 9.59 Å². The number of nitrogens with one attached hydrogen (secondary N) is 1. The van der Waals surface area contributed by atoms with E-state index in [2.05, 4.69) is 5.32 Å². The average Bonchev–Trinajstić information content (AvgIpc) is 3.33. The molecular weight excluding hydrogens is 322 g/mol. The van der Waals surface area contributed by atoms with Crippen LogP contribution in [0.25, 0.3) is 0 Å². The third-order valence-corrected chi connectivity index (χ3v) is 5.47. The van der Waals surface area contributed by atoms with Crippen molar-refractivity contribution in [3.05, 3.63) is 23.8 Å². The first-order valence-electron chi connectivity index (χ1n) is 9.04. The molecule has 25 heavy (non-hydrogen) atoms. The van der Waals surface area contributed by atoms with Crippen molar-refractivity contribution in [1.82, 2.24) is 5.32 Å². The quantitative estimate of drug-likeness (QED) is 0.857. The van der Waals surface area contributed by atoms with Gasteiger partial charge in [-0.3, -0.25) is 9.59 Å². The van der Waals surface area contributed by atoms with Gasteiger partial charge in [0.2, 0.25) is 5.91 Å². The molecule has 3 atom stereocenters. The van der Waals surface area contributed by atoms with E-state index < -0.39 is 5.97 Å². The fourth-order valence-corrected chi connectivity index (χ4v) is 3.87. The number of carboxylic acid groups (broad SMARTS) is 1. The monoisotopic (exact) mass is 345 g/mol. The van der Waals surface area contributed by atoms with Gasteiger partial charge in [-0.15, -0.1) is 0 Å². The van der Waals surface area contributed by atoms with E-state index in [-0.39, 0.29) is 23.8 Å². The minimum atomic E-state index is -0.791. The summed E-state index contributed by atoms with van der Waals surface area (Å²) in [7, 11) is 0. The van der Waals surface area contributed by atoms with Crippen LogP contribution < -0.4 is 14.8 Å². The van der Waals surface area contributed by atoms with E-state index in [1.807, 2.05) is 18.2 Å². The molecule has 3 aliphatic rings. The van der Waals surface area contributed by atoms with Gasteiger partial charge in [-0.25, -0.2) is 0 Å². The molecule has 0 aromatic heterocycles. The van der Waals surface area contributed by atoms with Crippen molar-refractivity contribution in [2.75, 3.05) is 13.2 Å². The second-order valence-electron chi connectivity index (χ2n) is 7.27. The van der Waals surface area contributed by atoms with Crippen molar-refractivity contribution >= 4 is 11.9 Å². The fraction of sp³-hybridized carbons (Fsp3) is 0.579. The molecule has 1 aromatic carbocycles. The molecule has 6 heteroatoms. The number of carbonyl (C=O) groups is 2. The smallest absolute Gasteiger partial charge is 0.306 e. The number of benzene rings is 1. The van der Waals surface area contributed by atoms with E-state index in [0.29, 0.717) is 38.4 Å². The molecule has 1 amide bonds. The Morgan fingerprint density at radius 1 is 1.04 bits per heavy atom. The SMILES string of the molecule is O=C(O)[C@@H]1CC[C@H](C(=O)NC(c2ccc3c(c2)OCCO3)C2CC2)C1. The lowest BCUT2D eigenvalue weighted by molar-refractivity contribution is -0.141. The van der Waals surface area contributed by atoms with Gasteiger partial charge in [0.25, 0.3) is 0 Å². The van der Waals surface area contributed by atoms with Gasteiger partial charge in [0.05, 0.1) is 12.0 Å². The molecular formula is C19H23NO5. The number of fused-ring (bicyclic) bond motifs is 1. The van der Waals surface area contributed by atoms with Crippen molar-refractivity contribution in [3.8, 4) is 11.5 Å². The Kier molecular flexibility index (Phi) is 4.27. The van der Waals surface area contributed by atoms with Gasteiger partial charge in [0.15, 0.2) is 11.5 Å². The zero-order valence-electron chi connectivity index (χ0n) is 14.1. The zero-order chi connectivity index (χ0) is 17.4. The highest BCUT2D eigenvalue weighted by atomic mass is 16.6. The van der Waals surface area contributed by atoms with Gasteiger partial charge in [-0.05, 0) is 55.7 Å². The van der Waals surface area contributed by atoms with E-state index in [0.717, 1.165) is 29.9 Å². The number of ether oxygens (including phenoxy) is 2. The van der Waals surface area contributed by atoms with E-state index in [1.54, 1.807) is 0 Å². The summed E-state index contributed by atoms with van der Waals surface area (Å²) < 4.78 is 11.2. The Labute approximate surface area is 146 Å². The summed E-state index contributed by atoms with van der Waals surface area (Å²) in [4.78, 5) is 23.8. The van der Waals surface area contributed by atoms with Crippen LogP contribution >= 0.6 is 0 Å². The summed E-state index contributed by atoms with van der Waals surface area (Å²) in [6.45, 7) is 1.09. The zero-order valence-corrected chi connectivity index (χ0v) is 14.1. The first-order chi connectivity index (χ1) is 12.1. The Balaban J connectivity index is 1.47. The summed E-state index contributed by atoms with van der Waals surface area (Å²) in [5.41, 5.74) is 1.04. The van der Waals surface area contributed by atoms with Crippen molar-refractivity contribution < 1.29 is 24.2 Å². The van der Waals surface area contributed by atoms with Crippen LogP contribution in [0.4, 0.5) is 0 Å². The summed E-state index contributed by atoms with van der Waals surface area (Å²) in [5.74, 6) is 0.537. The molecule has 6 nitrogen and oxygen atoms in total. The molecule has 2 aliphatic carbocycles. The lowest BCUT2D eigenvalue weighted by atomic mass is 9.99. The summed E-state index contributed by atoms with van der Waals surface area (Å²) in [6, 6.07) is 5.83. The maximum Gasteiger partial charge on any atom is 0.306 e.